The van der Waals surface area contributed by atoms with Crippen LogP contribution in [-0.4, -0.2) is 41.9 Å². The van der Waals surface area contributed by atoms with Crippen molar-refractivity contribution in [1.29, 1.82) is 0 Å². The van der Waals surface area contributed by atoms with E-state index in [9.17, 15) is 18.8 Å². The molecule has 220 valence electrons. The van der Waals surface area contributed by atoms with Crippen LogP contribution >= 0.6 is 11.6 Å². The van der Waals surface area contributed by atoms with Crippen LogP contribution < -0.4 is 26.4 Å². The van der Waals surface area contributed by atoms with Crippen LogP contribution in [0.2, 0.25) is 5.02 Å². The number of carbonyl (C=O) groups excluding carboxylic acids is 3. The van der Waals surface area contributed by atoms with Crippen molar-refractivity contribution in [3.63, 3.8) is 0 Å². The highest BCUT2D eigenvalue weighted by molar-refractivity contribution is 6.30. The lowest BCUT2D eigenvalue weighted by molar-refractivity contribution is -0.122. The summed E-state index contributed by atoms with van der Waals surface area (Å²) in [4.78, 5) is 44.2. The summed E-state index contributed by atoms with van der Waals surface area (Å²) in [5, 5.41) is 8.66. The molecule has 4 atom stereocenters. The van der Waals surface area contributed by atoms with Crippen LogP contribution in [0.4, 0.5) is 20.2 Å². The van der Waals surface area contributed by atoms with Crippen molar-refractivity contribution < 1.29 is 27.9 Å². The normalized spacial score (nSPS) is 23.0. The van der Waals surface area contributed by atoms with E-state index in [1.54, 1.807) is 0 Å². The Hall–Kier alpha value is -4.09. The highest BCUT2D eigenvalue weighted by Crippen LogP contribution is 2.56. The maximum atomic E-state index is 15.9. The highest BCUT2D eigenvalue weighted by atomic mass is 35.5. The number of nitrogens with zero attached hydrogens (tertiary/aromatic N) is 1. The molecule has 5 rings (SSSR count). The number of fused-ring (bicyclic) bond motifs is 2. The summed E-state index contributed by atoms with van der Waals surface area (Å²) in [7, 11) is 1.37. The lowest BCUT2D eigenvalue weighted by Crippen LogP contribution is -2.50. The standard InChI is InChI=1S/C30H30ClF2N5O4/c1-29(2,3)12-21-30(25-19(37-28(30)41)11-15(32)13-35-25)22(16-6-5-7-17(31)23(16)33)24(38-21)27(40)36-18-9-8-14(26(34)39)10-20(18)42-4/h5-11,13,21-22,24,38H,12H2,1-4H3,(H2,34,39)(H,36,40)(H,37,41). The topological polar surface area (TPSA) is 135 Å². The minimum absolute atomic E-state index is 0.0247. The predicted octanol–water partition coefficient (Wildman–Crippen LogP) is 4.51. The average Bonchev–Trinajstić information content (AvgIpc) is 3.39. The minimum Gasteiger partial charge on any atom is -0.495 e. The van der Waals surface area contributed by atoms with E-state index >= 15 is 4.39 Å². The molecule has 2 aliphatic heterocycles. The van der Waals surface area contributed by atoms with E-state index in [1.807, 2.05) is 20.8 Å². The second-order valence-corrected chi connectivity index (χ2v) is 12.1. The van der Waals surface area contributed by atoms with Gasteiger partial charge in [0.2, 0.25) is 17.7 Å². The van der Waals surface area contributed by atoms with Crippen LogP contribution in [0.3, 0.4) is 0 Å². The highest BCUT2D eigenvalue weighted by Gasteiger charge is 2.67. The lowest BCUT2D eigenvalue weighted by atomic mass is 9.64. The molecule has 3 heterocycles. The van der Waals surface area contributed by atoms with E-state index in [1.165, 1.54) is 43.5 Å². The Morgan fingerprint density at radius 2 is 1.93 bits per heavy atom. The van der Waals surface area contributed by atoms with Crippen molar-refractivity contribution in [2.75, 3.05) is 17.7 Å². The van der Waals surface area contributed by atoms with Crippen molar-refractivity contribution in [1.82, 2.24) is 10.3 Å². The number of anilines is 2. The SMILES string of the molecule is COc1cc(C(N)=O)ccc1NC(=O)C1NC(CC(C)(C)C)C2(C(=O)Nc3cc(F)cnc32)C1c1cccc(Cl)c1F. The largest absolute Gasteiger partial charge is 0.495 e. The monoisotopic (exact) mass is 597 g/mol. The Morgan fingerprint density at radius 3 is 2.60 bits per heavy atom. The number of benzene rings is 2. The number of ether oxygens (including phenoxy) is 1. The van der Waals surface area contributed by atoms with Crippen LogP contribution in [0, 0.1) is 17.0 Å². The molecule has 3 amide bonds. The van der Waals surface area contributed by atoms with Gasteiger partial charge in [-0.05, 0) is 41.7 Å². The van der Waals surface area contributed by atoms with Crippen molar-refractivity contribution in [3.05, 3.63) is 82.1 Å². The number of carbonyl (C=O) groups is 3. The van der Waals surface area contributed by atoms with Gasteiger partial charge in [0.1, 0.15) is 22.8 Å². The summed E-state index contributed by atoms with van der Waals surface area (Å²) < 4.78 is 35.5. The summed E-state index contributed by atoms with van der Waals surface area (Å²) in [5.74, 6) is -4.25. The van der Waals surface area contributed by atoms with Crippen molar-refractivity contribution in [2.24, 2.45) is 11.1 Å². The zero-order valence-corrected chi connectivity index (χ0v) is 24.1. The quantitative estimate of drug-likeness (QED) is 0.330. The number of hydrogen-bond acceptors (Lipinski definition) is 6. The maximum absolute atomic E-state index is 15.9. The number of aromatic nitrogens is 1. The molecule has 9 nitrogen and oxygen atoms in total. The fourth-order valence-electron chi connectivity index (χ4n) is 6.14. The van der Waals surface area contributed by atoms with Crippen LogP contribution in [0.25, 0.3) is 0 Å². The summed E-state index contributed by atoms with van der Waals surface area (Å²) >= 11 is 6.21. The van der Waals surface area contributed by atoms with Crippen molar-refractivity contribution in [3.8, 4) is 5.75 Å². The van der Waals surface area contributed by atoms with E-state index in [4.69, 9.17) is 22.1 Å². The number of halogens is 3. The number of nitrogens with two attached hydrogens (primary N) is 1. The van der Waals surface area contributed by atoms with Gasteiger partial charge in [0.15, 0.2) is 0 Å². The molecule has 1 saturated heterocycles. The Bertz CT molecular complexity index is 1610. The average molecular weight is 598 g/mol. The molecule has 4 unspecified atom stereocenters. The van der Waals surface area contributed by atoms with Crippen LogP contribution in [0.5, 0.6) is 5.75 Å². The molecule has 2 aromatic carbocycles. The molecular formula is C30H30ClF2N5O4. The summed E-state index contributed by atoms with van der Waals surface area (Å²) in [6.07, 6.45) is 1.37. The Balaban J connectivity index is 1.70. The molecule has 5 N–H and O–H groups in total. The van der Waals surface area contributed by atoms with Gasteiger partial charge in [-0.15, -0.1) is 0 Å². The van der Waals surface area contributed by atoms with Crippen molar-refractivity contribution in [2.45, 2.75) is 50.6 Å². The first-order chi connectivity index (χ1) is 19.8. The molecule has 3 aromatic rings. The minimum atomic E-state index is -1.61. The zero-order valence-electron chi connectivity index (χ0n) is 23.3. The first-order valence-electron chi connectivity index (χ1n) is 13.2. The van der Waals surface area contributed by atoms with Gasteiger partial charge in [0, 0.05) is 23.6 Å². The molecular weight excluding hydrogens is 568 g/mol. The number of rotatable bonds is 6. The number of hydrogen-bond donors (Lipinski definition) is 4. The van der Waals surface area contributed by atoms with Crippen LogP contribution in [0.15, 0.2) is 48.7 Å². The third kappa shape index (κ3) is 4.86. The van der Waals surface area contributed by atoms with Crippen LogP contribution in [0.1, 0.15) is 54.7 Å². The second-order valence-electron chi connectivity index (χ2n) is 11.7. The Kier molecular flexibility index (Phi) is 7.44. The Morgan fingerprint density at radius 1 is 1.19 bits per heavy atom. The van der Waals surface area contributed by atoms with Crippen molar-refractivity contribution >= 4 is 40.7 Å². The van der Waals surface area contributed by atoms with Gasteiger partial charge in [-0.1, -0.05) is 44.5 Å². The first kappa shape index (κ1) is 29.4. The van der Waals surface area contributed by atoms with Gasteiger partial charge >= 0.3 is 0 Å². The van der Waals surface area contributed by atoms with E-state index in [-0.39, 0.29) is 44.4 Å². The Labute approximate surface area is 246 Å². The smallest absolute Gasteiger partial charge is 0.248 e. The number of primary amides is 1. The number of amides is 3. The van der Waals surface area contributed by atoms with Gasteiger partial charge in [0.05, 0.1) is 41.4 Å². The van der Waals surface area contributed by atoms with E-state index in [0.29, 0.717) is 6.42 Å². The molecule has 42 heavy (non-hydrogen) atoms. The lowest BCUT2D eigenvalue weighted by Gasteiger charge is -2.36. The summed E-state index contributed by atoms with van der Waals surface area (Å²) in [6.45, 7) is 5.92. The van der Waals surface area contributed by atoms with Gasteiger partial charge in [-0.3, -0.25) is 19.4 Å². The van der Waals surface area contributed by atoms with E-state index < -0.39 is 52.8 Å². The van der Waals surface area contributed by atoms with Gasteiger partial charge in [-0.25, -0.2) is 8.78 Å². The number of pyridine rings is 1. The van der Waals surface area contributed by atoms with E-state index in [0.717, 1.165) is 12.3 Å². The first-order valence-corrected chi connectivity index (χ1v) is 13.6. The predicted molar refractivity (Wildman–Crippen MR) is 154 cm³/mol. The van der Waals surface area contributed by atoms with Gasteiger partial charge < -0.3 is 26.4 Å². The molecule has 1 spiro atoms. The fourth-order valence-corrected chi connectivity index (χ4v) is 6.32. The zero-order chi connectivity index (χ0) is 30.6. The second kappa shape index (κ2) is 10.6. The summed E-state index contributed by atoms with van der Waals surface area (Å²) in [6, 6.07) is 7.92. The summed E-state index contributed by atoms with van der Waals surface area (Å²) in [5.41, 5.74) is 4.20. The molecule has 0 aliphatic carbocycles. The molecule has 12 heteroatoms. The number of methoxy groups -OCH3 is 1. The fraction of sp³-hybridized carbons (Fsp3) is 0.333. The van der Waals surface area contributed by atoms with E-state index in [2.05, 4.69) is 20.9 Å². The molecule has 0 radical (unpaired) electrons. The number of nitrogens with one attached hydrogen (secondary N) is 3. The van der Waals surface area contributed by atoms with Gasteiger partial charge in [-0.2, -0.15) is 0 Å². The van der Waals surface area contributed by atoms with Gasteiger partial charge in [0.25, 0.3) is 0 Å². The van der Waals surface area contributed by atoms with Crippen LogP contribution in [-0.2, 0) is 15.0 Å². The third-order valence-corrected chi connectivity index (χ3v) is 8.08. The third-order valence-electron chi connectivity index (χ3n) is 7.78. The molecule has 1 aromatic heterocycles. The molecule has 2 aliphatic rings. The molecule has 0 saturated carbocycles. The molecule has 0 bridgehead atoms. The molecule has 1 fully saturated rings. The maximum Gasteiger partial charge on any atom is 0.248 e.